The molecule has 0 aliphatic carbocycles. The molecular formula is C15H20N4O. The topological polar surface area (TPSA) is 73.1 Å². The van der Waals surface area contributed by atoms with Gasteiger partial charge in [-0.05, 0) is 17.7 Å². The third kappa shape index (κ3) is 3.60. The molecule has 2 aromatic rings. The number of nitrogens with zero attached hydrogens (tertiary/aromatic N) is 2. The van der Waals surface area contributed by atoms with E-state index in [2.05, 4.69) is 15.3 Å². The van der Waals surface area contributed by atoms with Crippen LogP contribution in [-0.4, -0.2) is 17.1 Å². The Hall–Kier alpha value is -2.30. The second-order valence-corrected chi connectivity index (χ2v) is 4.89. The van der Waals surface area contributed by atoms with Crippen LogP contribution in [0.5, 0.6) is 5.75 Å². The summed E-state index contributed by atoms with van der Waals surface area (Å²) in [6.07, 6.45) is 0. The van der Waals surface area contributed by atoms with E-state index < -0.39 is 0 Å². The molecule has 0 amide bonds. The van der Waals surface area contributed by atoms with Gasteiger partial charge in [0.2, 0.25) is 0 Å². The zero-order chi connectivity index (χ0) is 14.5. The van der Waals surface area contributed by atoms with Gasteiger partial charge in [0.25, 0.3) is 0 Å². The maximum atomic E-state index is 5.80. The number of rotatable bonds is 5. The van der Waals surface area contributed by atoms with Crippen molar-refractivity contribution in [1.29, 1.82) is 0 Å². The van der Waals surface area contributed by atoms with E-state index in [4.69, 9.17) is 10.5 Å². The Morgan fingerprint density at radius 2 is 1.90 bits per heavy atom. The highest BCUT2D eigenvalue weighted by Crippen LogP contribution is 2.16. The van der Waals surface area contributed by atoms with Gasteiger partial charge in [0.1, 0.15) is 23.2 Å². The molecule has 0 fully saturated rings. The number of anilines is 2. The van der Waals surface area contributed by atoms with E-state index in [1.165, 1.54) is 0 Å². The van der Waals surface area contributed by atoms with Crippen LogP contribution >= 0.6 is 0 Å². The van der Waals surface area contributed by atoms with Crippen LogP contribution in [0.15, 0.2) is 30.3 Å². The lowest BCUT2D eigenvalue weighted by Gasteiger charge is -2.10. The molecule has 1 heterocycles. The number of hydrogen-bond acceptors (Lipinski definition) is 5. The molecule has 20 heavy (non-hydrogen) atoms. The molecule has 0 spiro atoms. The monoisotopic (exact) mass is 272 g/mol. The molecular weight excluding hydrogens is 252 g/mol. The van der Waals surface area contributed by atoms with Crippen molar-refractivity contribution in [2.75, 3.05) is 18.2 Å². The number of hydrogen-bond donors (Lipinski definition) is 2. The first-order chi connectivity index (χ1) is 9.58. The number of ether oxygens (including phenoxy) is 1. The van der Waals surface area contributed by atoms with Crippen LogP contribution in [0.25, 0.3) is 0 Å². The molecule has 0 unspecified atom stereocenters. The zero-order valence-corrected chi connectivity index (χ0v) is 12.1. The lowest BCUT2D eigenvalue weighted by Crippen LogP contribution is -2.07. The van der Waals surface area contributed by atoms with Gasteiger partial charge in [-0.15, -0.1) is 0 Å². The van der Waals surface area contributed by atoms with Crippen LogP contribution in [0.4, 0.5) is 11.6 Å². The number of methoxy groups -OCH3 is 1. The normalized spacial score (nSPS) is 10.6. The van der Waals surface area contributed by atoms with E-state index in [0.29, 0.717) is 12.4 Å². The third-order valence-electron chi connectivity index (χ3n) is 2.91. The number of benzene rings is 1. The van der Waals surface area contributed by atoms with Gasteiger partial charge in [0, 0.05) is 18.5 Å². The van der Waals surface area contributed by atoms with Gasteiger partial charge < -0.3 is 15.8 Å². The molecule has 0 atom stereocenters. The Morgan fingerprint density at radius 3 is 2.50 bits per heavy atom. The summed E-state index contributed by atoms with van der Waals surface area (Å²) >= 11 is 0. The average Bonchev–Trinajstić information content (AvgIpc) is 2.45. The Morgan fingerprint density at radius 1 is 1.20 bits per heavy atom. The van der Waals surface area contributed by atoms with Gasteiger partial charge >= 0.3 is 0 Å². The quantitative estimate of drug-likeness (QED) is 0.875. The van der Waals surface area contributed by atoms with E-state index in [-0.39, 0.29) is 5.92 Å². The summed E-state index contributed by atoms with van der Waals surface area (Å²) in [6, 6.07) is 9.64. The zero-order valence-electron chi connectivity index (χ0n) is 12.1. The first-order valence-corrected chi connectivity index (χ1v) is 6.59. The highest BCUT2D eigenvalue weighted by atomic mass is 16.5. The Kier molecular flexibility index (Phi) is 4.40. The van der Waals surface area contributed by atoms with E-state index in [9.17, 15) is 0 Å². The highest BCUT2D eigenvalue weighted by molar-refractivity contribution is 5.45. The maximum absolute atomic E-state index is 5.80. The molecule has 0 saturated heterocycles. The number of nitrogens with one attached hydrogen (secondary N) is 1. The molecule has 0 bridgehead atoms. The van der Waals surface area contributed by atoms with Crippen molar-refractivity contribution in [3.8, 4) is 5.75 Å². The van der Waals surface area contributed by atoms with Crippen LogP contribution in [-0.2, 0) is 6.54 Å². The fourth-order valence-corrected chi connectivity index (χ4v) is 1.77. The highest BCUT2D eigenvalue weighted by Gasteiger charge is 2.06. The summed E-state index contributed by atoms with van der Waals surface area (Å²) < 4.78 is 5.13. The standard InChI is InChI=1S/C15H20N4O/c1-10(2)15-18-13(16)8-14(19-15)17-9-11-4-6-12(20-3)7-5-11/h4-8,10H,9H2,1-3H3,(H3,16,17,18,19). The largest absolute Gasteiger partial charge is 0.497 e. The summed E-state index contributed by atoms with van der Waals surface area (Å²) in [5.41, 5.74) is 6.94. The first kappa shape index (κ1) is 14.1. The number of nitrogen functional groups attached to an aromatic ring is 1. The van der Waals surface area contributed by atoms with E-state index in [1.807, 2.05) is 38.1 Å². The van der Waals surface area contributed by atoms with E-state index in [0.717, 1.165) is 23.0 Å². The van der Waals surface area contributed by atoms with Crippen molar-refractivity contribution in [2.24, 2.45) is 0 Å². The minimum Gasteiger partial charge on any atom is -0.497 e. The van der Waals surface area contributed by atoms with Gasteiger partial charge in [-0.3, -0.25) is 0 Å². The first-order valence-electron chi connectivity index (χ1n) is 6.59. The third-order valence-corrected chi connectivity index (χ3v) is 2.91. The predicted molar refractivity (Wildman–Crippen MR) is 80.9 cm³/mol. The van der Waals surface area contributed by atoms with Crippen LogP contribution in [0, 0.1) is 0 Å². The molecule has 1 aromatic heterocycles. The minimum atomic E-state index is 0.250. The van der Waals surface area contributed by atoms with Crippen molar-refractivity contribution in [3.05, 3.63) is 41.7 Å². The smallest absolute Gasteiger partial charge is 0.135 e. The maximum Gasteiger partial charge on any atom is 0.135 e. The molecule has 3 N–H and O–H groups in total. The Bertz CT molecular complexity index is 567. The van der Waals surface area contributed by atoms with Crippen LogP contribution in [0.3, 0.4) is 0 Å². The fraction of sp³-hybridized carbons (Fsp3) is 0.333. The van der Waals surface area contributed by atoms with Crippen molar-refractivity contribution in [2.45, 2.75) is 26.3 Å². The minimum absolute atomic E-state index is 0.250. The molecule has 106 valence electrons. The molecule has 0 aliphatic rings. The second-order valence-electron chi connectivity index (χ2n) is 4.89. The van der Waals surface area contributed by atoms with Crippen LogP contribution in [0.1, 0.15) is 31.2 Å². The number of aromatic nitrogens is 2. The average molecular weight is 272 g/mol. The molecule has 1 aromatic carbocycles. The van der Waals surface area contributed by atoms with Crippen LogP contribution < -0.4 is 15.8 Å². The van der Waals surface area contributed by atoms with E-state index >= 15 is 0 Å². The molecule has 0 aliphatic heterocycles. The lowest BCUT2D eigenvalue weighted by molar-refractivity contribution is 0.414. The summed E-state index contributed by atoms with van der Waals surface area (Å²) in [5, 5.41) is 3.26. The molecule has 2 rings (SSSR count). The van der Waals surface area contributed by atoms with Gasteiger partial charge in [0.15, 0.2) is 0 Å². The summed E-state index contributed by atoms with van der Waals surface area (Å²) in [7, 11) is 1.66. The summed E-state index contributed by atoms with van der Waals surface area (Å²) in [4.78, 5) is 8.68. The van der Waals surface area contributed by atoms with Crippen LogP contribution in [0.2, 0.25) is 0 Å². The Labute approximate surface area is 119 Å². The van der Waals surface area contributed by atoms with Gasteiger partial charge in [0.05, 0.1) is 7.11 Å². The van der Waals surface area contributed by atoms with Crippen molar-refractivity contribution in [1.82, 2.24) is 9.97 Å². The van der Waals surface area contributed by atoms with Gasteiger partial charge in [-0.25, -0.2) is 9.97 Å². The number of nitrogens with two attached hydrogens (primary N) is 1. The van der Waals surface area contributed by atoms with Crippen molar-refractivity contribution < 1.29 is 4.74 Å². The van der Waals surface area contributed by atoms with Gasteiger partial charge in [-0.1, -0.05) is 26.0 Å². The molecule has 0 saturated carbocycles. The predicted octanol–water partition coefficient (Wildman–Crippen LogP) is 2.80. The van der Waals surface area contributed by atoms with Gasteiger partial charge in [-0.2, -0.15) is 0 Å². The fourth-order valence-electron chi connectivity index (χ4n) is 1.77. The molecule has 5 nitrogen and oxygen atoms in total. The van der Waals surface area contributed by atoms with E-state index in [1.54, 1.807) is 13.2 Å². The SMILES string of the molecule is COc1ccc(CNc2cc(N)nc(C(C)C)n2)cc1. The van der Waals surface area contributed by atoms with Crippen molar-refractivity contribution >= 4 is 11.6 Å². The summed E-state index contributed by atoms with van der Waals surface area (Å²) in [5.74, 6) is 3.09. The summed E-state index contributed by atoms with van der Waals surface area (Å²) in [6.45, 7) is 4.77. The molecule has 5 heteroatoms. The van der Waals surface area contributed by atoms with Crippen molar-refractivity contribution in [3.63, 3.8) is 0 Å². The lowest BCUT2D eigenvalue weighted by atomic mass is 10.2. The molecule has 0 radical (unpaired) electrons. The second kappa shape index (κ2) is 6.23. The Balaban J connectivity index is 2.06.